The zero-order chi connectivity index (χ0) is 20.9. The monoisotopic (exact) mass is 417 g/mol. The van der Waals surface area contributed by atoms with Crippen molar-refractivity contribution in [2.45, 2.75) is 26.2 Å². The Bertz CT molecular complexity index is 1040. The number of anilines is 2. The molecule has 1 saturated heterocycles. The van der Waals surface area contributed by atoms with E-state index in [1.165, 1.54) is 16.9 Å². The van der Waals surface area contributed by atoms with Gasteiger partial charge in [-0.15, -0.1) is 11.3 Å². The molecule has 0 atom stereocenters. The second-order valence-electron chi connectivity index (χ2n) is 7.36. The fraction of sp³-hybridized carbons (Fsp3) is 0.304. The first-order chi connectivity index (χ1) is 14.7. The Kier molecular flexibility index (Phi) is 6.05. The third-order valence-electron chi connectivity index (χ3n) is 5.46. The van der Waals surface area contributed by atoms with Crippen LogP contribution in [0.25, 0.3) is 11.3 Å². The van der Waals surface area contributed by atoms with Gasteiger partial charge in [0.25, 0.3) is 0 Å². The Hall–Kier alpha value is -3.24. The molecule has 0 radical (unpaired) electrons. The maximum atomic E-state index is 12.7. The third kappa shape index (κ3) is 4.50. The van der Waals surface area contributed by atoms with Gasteiger partial charge in [-0.25, -0.2) is 9.97 Å². The summed E-state index contributed by atoms with van der Waals surface area (Å²) in [5.41, 5.74) is 3.80. The number of rotatable bonds is 5. The van der Waals surface area contributed by atoms with Crippen LogP contribution in [0.1, 0.15) is 30.9 Å². The van der Waals surface area contributed by atoms with Crippen LogP contribution >= 0.6 is 11.3 Å². The van der Waals surface area contributed by atoms with Gasteiger partial charge in [0.1, 0.15) is 11.9 Å². The van der Waals surface area contributed by atoms with E-state index in [2.05, 4.69) is 57.4 Å². The maximum Gasteiger partial charge on any atom is 0.229 e. The van der Waals surface area contributed by atoms with E-state index in [4.69, 9.17) is 5.26 Å². The number of nitriles is 1. The molecule has 1 aliphatic rings. The van der Waals surface area contributed by atoms with Crippen LogP contribution in [0.2, 0.25) is 0 Å². The summed E-state index contributed by atoms with van der Waals surface area (Å²) >= 11 is 1.46. The molecule has 1 amide bonds. The van der Waals surface area contributed by atoms with Crippen molar-refractivity contribution in [1.82, 2.24) is 9.97 Å². The van der Waals surface area contributed by atoms with E-state index < -0.39 is 0 Å². The number of pyridine rings is 1. The van der Waals surface area contributed by atoms with Crippen LogP contribution < -0.4 is 10.2 Å². The number of amides is 1. The van der Waals surface area contributed by atoms with E-state index in [9.17, 15) is 4.79 Å². The zero-order valence-electron chi connectivity index (χ0n) is 16.8. The third-order valence-corrected chi connectivity index (χ3v) is 6.22. The Balaban J connectivity index is 1.32. The van der Waals surface area contributed by atoms with Gasteiger partial charge in [0, 0.05) is 36.1 Å². The van der Waals surface area contributed by atoms with E-state index in [0.717, 1.165) is 49.4 Å². The number of carbonyl (C=O) groups excluding carboxylic acids is 1. The lowest BCUT2D eigenvalue weighted by molar-refractivity contribution is -0.120. The van der Waals surface area contributed by atoms with Crippen LogP contribution in [-0.4, -0.2) is 29.0 Å². The first-order valence-corrected chi connectivity index (χ1v) is 11.0. The molecule has 0 bridgehead atoms. The summed E-state index contributed by atoms with van der Waals surface area (Å²) in [5, 5.41) is 14.5. The van der Waals surface area contributed by atoms with Crippen molar-refractivity contribution < 1.29 is 4.79 Å². The number of aromatic nitrogens is 2. The second-order valence-corrected chi connectivity index (χ2v) is 8.21. The van der Waals surface area contributed by atoms with E-state index >= 15 is 0 Å². The maximum absolute atomic E-state index is 12.7. The highest BCUT2D eigenvalue weighted by Crippen LogP contribution is 2.27. The van der Waals surface area contributed by atoms with Gasteiger partial charge < -0.3 is 10.2 Å². The fourth-order valence-electron chi connectivity index (χ4n) is 3.59. The smallest absolute Gasteiger partial charge is 0.229 e. The Morgan fingerprint density at radius 3 is 2.63 bits per heavy atom. The highest BCUT2D eigenvalue weighted by Gasteiger charge is 2.26. The summed E-state index contributed by atoms with van der Waals surface area (Å²) in [7, 11) is 0. The molecule has 0 saturated carbocycles. The Morgan fingerprint density at radius 1 is 1.23 bits per heavy atom. The lowest BCUT2D eigenvalue weighted by Gasteiger charge is -2.31. The Labute approximate surface area is 180 Å². The first-order valence-electron chi connectivity index (χ1n) is 10.1. The average molecular weight is 418 g/mol. The molecule has 6 nitrogen and oxygen atoms in total. The molecule has 7 heteroatoms. The van der Waals surface area contributed by atoms with Gasteiger partial charge >= 0.3 is 0 Å². The van der Waals surface area contributed by atoms with Gasteiger partial charge in [-0.1, -0.05) is 31.2 Å². The van der Waals surface area contributed by atoms with Crippen LogP contribution in [0, 0.1) is 17.2 Å². The largest absolute Gasteiger partial charge is 0.357 e. The number of thiazole rings is 1. The summed E-state index contributed by atoms with van der Waals surface area (Å²) in [6, 6.07) is 14.1. The number of nitrogens with one attached hydrogen (secondary N) is 1. The first kappa shape index (κ1) is 20.0. The van der Waals surface area contributed by atoms with E-state index in [-0.39, 0.29) is 11.8 Å². The summed E-state index contributed by atoms with van der Waals surface area (Å²) in [5.74, 6) is 0.854. The summed E-state index contributed by atoms with van der Waals surface area (Å²) in [6.45, 7) is 3.67. The van der Waals surface area contributed by atoms with Crippen molar-refractivity contribution >= 4 is 28.2 Å². The molecule has 1 aromatic carbocycles. The molecular formula is C23H23N5OS. The van der Waals surface area contributed by atoms with Crippen molar-refractivity contribution in [1.29, 1.82) is 5.26 Å². The minimum absolute atomic E-state index is 0.0316. The topological polar surface area (TPSA) is 81.9 Å². The number of aryl methyl sites for hydroxylation is 1. The van der Waals surface area contributed by atoms with Crippen LogP contribution in [0.4, 0.5) is 10.9 Å². The summed E-state index contributed by atoms with van der Waals surface area (Å²) < 4.78 is 0. The molecule has 1 N–H and O–H groups in total. The van der Waals surface area contributed by atoms with Gasteiger partial charge in [-0.05, 0) is 37.0 Å². The highest BCUT2D eigenvalue weighted by atomic mass is 32.1. The molecule has 4 rings (SSSR count). The Morgan fingerprint density at radius 2 is 2.00 bits per heavy atom. The average Bonchev–Trinajstić information content (AvgIpc) is 3.27. The standard InChI is InChI=1S/C23H23N5OS/c1-2-16-3-6-18(7-4-16)20-15-30-23(26-20)27-22(29)19-9-11-28(12-10-19)21-8-5-17(13-24)14-25-21/h3-8,14-15,19H,2,9-12H2,1H3,(H,26,27,29). The molecule has 0 aliphatic carbocycles. The number of piperidine rings is 1. The number of nitrogens with zero attached hydrogens (tertiary/aromatic N) is 4. The van der Waals surface area contributed by atoms with Gasteiger partial charge in [0.2, 0.25) is 5.91 Å². The molecule has 2 aromatic heterocycles. The summed E-state index contributed by atoms with van der Waals surface area (Å²) in [4.78, 5) is 23.8. The molecule has 3 heterocycles. The predicted molar refractivity (Wildman–Crippen MR) is 119 cm³/mol. The van der Waals surface area contributed by atoms with Crippen molar-refractivity contribution in [2.24, 2.45) is 5.92 Å². The quantitative estimate of drug-likeness (QED) is 0.661. The molecule has 0 spiro atoms. The molecule has 152 valence electrons. The van der Waals surface area contributed by atoms with Crippen LogP contribution in [0.5, 0.6) is 0 Å². The van der Waals surface area contributed by atoms with E-state index in [1.54, 1.807) is 12.3 Å². The SMILES string of the molecule is CCc1ccc(-c2csc(NC(=O)C3CCN(c4ccc(C#N)cn4)CC3)n2)cc1. The minimum atomic E-state index is -0.0316. The molecule has 0 unspecified atom stereocenters. The second kappa shape index (κ2) is 9.06. The van der Waals surface area contributed by atoms with Crippen LogP contribution in [0.15, 0.2) is 48.0 Å². The van der Waals surface area contributed by atoms with Gasteiger partial charge in [0.15, 0.2) is 5.13 Å². The van der Waals surface area contributed by atoms with Crippen molar-refractivity contribution in [3.8, 4) is 17.3 Å². The lowest BCUT2D eigenvalue weighted by Crippen LogP contribution is -2.38. The van der Waals surface area contributed by atoms with E-state index in [1.807, 2.05) is 11.4 Å². The van der Waals surface area contributed by atoms with Crippen molar-refractivity contribution in [2.75, 3.05) is 23.3 Å². The number of carbonyl (C=O) groups is 1. The zero-order valence-corrected chi connectivity index (χ0v) is 17.7. The molecule has 3 aromatic rings. The van der Waals surface area contributed by atoms with Gasteiger partial charge in [-0.2, -0.15) is 5.26 Å². The normalized spacial score (nSPS) is 14.3. The van der Waals surface area contributed by atoms with Crippen LogP contribution in [-0.2, 0) is 11.2 Å². The highest BCUT2D eigenvalue weighted by molar-refractivity contribution is 7.14. The lowest BCUT2D eigenvalue weighted by atomic mass is 9.96. The fourth-order valence-corrected chi connectivity index (χ4v) is 4.32. The number of hydrogen-bond donors (Lipinski definition) is 1. The van der Waals surface area contributed by atoms with Crippen molar-refractivity contribution in [3.05, 3.63) is 59.1 Å². The molecule has 1 fully saturated rings. The van der Waals surface area contributed by atoms with E-state index in [0.29, 0.717) is 10.7 Å². The molecule has 1 aliphatic heterocycles. The summed E-state index contributed by atoms with van der Waals surface area (Å²) in [6.07, 6.45) is 4.14. The molecular weight excluding hydrogens is 394 g/mol. The van der Waals surface area contributed by atoms with Crippen molar-refractivity contribution in [3.63, 3.8) is 0 Å². The van der Waals surface area contributed by atoms with Crippen LogP contribution in [0.3, 0.4) is 0 Å². The van der Waals surface area contributed by atoms with Gasteiger partial charge in [0.05, 0.1) is 11.3 Å². The van der Waals surface area contributed by atoms with Gasteiger partial charge in [-0.3, -0.25) is 4.79 Å². The number of benzene rings is 1. The number of hydrogen-bond acceptors (Lipinski definition) is 6. The predicted octanol–water partition coefficient (Wildman–Crippen LogP) is 4.49. The minimum Gasteiger partial charge on any atom is -0.357 e. The molecule has 30 heavy (non-hydrogen) atoms.